The summed E-state index contributed by atoms with van der Waals surface area (Å²) < 4.78 is 0. The lowest BCUT2D eigenvalue weighted by molar-refractivity contribution is -0.121. The van der Waals surface area contributed by atoms with Crippen molar-refractivity contribution in [2.24, 2.45) is 11.8 Å². The summed E-state index contributed by atoms with van der Waals surface area (Å²) in [5.74, 6) is 1.29. The number of carbonyl (C=O) groups excluding carboxylic acids is 1. The van der Waals surface area contributed by atoms with Crippen LogP contribution in [0.3, 0.4) is 0 Å². The quantitative estimate of drug-likeness (QED) is 0.773. The van der Waals surface area contributed by atoms with Gasteiger partial charge < -0.3 is 10.4 Å². The molecule has 3 heteroatoms. The lowest BCUT2D eigenvalue weighted by Gasteiger charge is -2.17. The molecule has 1 aromatic carbocycles. The molecule has 0 heterocycles. The van der Waals surface area contributed by atoms with Crippen LogP contribution in [0.25, 0.3) is 0 Å². The van der Waals surface area contributed by atoms with E-state index >= 15 is 0 Å². The molecule has 0 bridgehead atoms. The fourth-order valence-electron chi connectivity index (χ4n) is 2.77. The van der Waals surface area contributed by atoms with Crippen molar-refractivity contribution in [3.63, 3.8) is 0 Å². The molecule has 116 valence electrons. The van der Waals surface area contributed by atoms with E-state index < -0.39 is 0 Å². The van der Waals surface area contributed by atoms with E-state index in [4.69, 9.17) is 5.11 Å². The average Bonchev–Trinajstić information content (AvgIpc) is 3.24. The van der Waals surface area contributed by atoms with Gasteiger partial charge in [0, 0.05) is 12.6 Å². The Morgan fingerprint density at radius 1 is 1.24 bits per heavy atom. The van der Waals surface area contributed by atoms with E-state index in [1.165, 1.54) is 18.4 Å². The first-order chi connectivity index (χ1) is 10.1. The Hall–Kier alpha value is -1.35. The van der Waals surface area contributed by atoms with E-state index in [1.54, 1.807) is 0 Å². The molecule has 0 aromatic heterocycles. The molecule has 0 radical (unpaired) electrons. The number of benzene rings is 1. The SMILES string of the molecule is CC(C)Cc1ccc(CC(=O)NC(CCO)C2CC2)cc1. The number of nitrogens with one attached hydrogen (secondary N) is 1. The first kappa shape index (κ1) is 16.0. The summed E-state index contributed by atoms with van der Waals surface area (Å²) in [6, 6.07) is 8.50. The van der Waals surface area contributed by atoms with Crippen LogP contribution in [-0.2, 0) is 17.6 Å². The number of hydrogen-bond acceptors (Lipinski definition) is 2. The lowest BCUT2D eigenvalue weighted by Crippen LogP contribution is -2.38. The number of amides is 1. The van der Waals surface area contributed by atoms with Crippen LogP contribution in [0.2, 0.25) is 0 Å². The van der Waals surface area contributed by atoms with E-state index in [0.717, 1.165) is 12.0 Å². The predicted octanol–water partition coefficient (Wildman–Crippen LogP) is 2.70. The molecule has 1 aromatic rings. The monoisotopic (exact) mass is 289 g/mol. The molecule has 1 aliphatic rings. The minimum Gasteiger partial charge on any atom is -0.396 e. The number of rotatable bonds is 8. The zero-order chi connectivity index (χ0) is 15.2. The minimum absolute atomic E-state index is 0.0666. The highest BCUT2D eigenvalue weighted by Crippen LogP contribution is 2.33. The maximum absolute atomic E-state index is 12.1. The molecule has 1 amide bonds. The highest BCUT2D eigenvalue weighted by Gasteiger charge is 2.31. The van der Waals surface area contributed by atoms with E-state index in [2.05, 4.69) is 43.4 Å². The summed E-state index contributed by atoms with van der Waals surface area (Å²) in [5.41, 5.74) is 2.38. The van der Waals surface area contributed by atoms with Gasteiger partial charge in [-0.15, -0.1) is 0 Å². The van der Waals surface area contributed by atoms with Gasteiger partial charge in [-0.05, 0) is 48.6 Å². The zero-order valence-corrected chi connectivity index (χ0v) is 13.1. The maximum Gasteiger partial charge on any atom is 0.224 e. The second kappa shape index (κ2) is 7.60. The van der Waals surface area contributed by atoms with E-state index in [1.807, 2.05) is 0 Å². The molecule has 1 aliphatic carbocycles. The lowest BCUT2D eigenvalue weighted by atomic mass is 10.0. The first-order valence-corrected chi connectivity index (χ1v) is 8.06. The van der Waals surface area contributed by atoms with Gasteiger partial charge in [-0.25, -0.2) is 0 Å². The first-order valence-electron chi connectivity index (χ1n) is 8.06. The van der Waals surface area contributed by atoms with Crippen LogP contribution in [0.5, 0.6) is 0 Å². The standard InChI is InChI=1S/C18H27NO2/c1-13(2)11-14-3-5-15(6-4-14)12-18(21)19-17(9-10-20)16-7-8-16/h3-6,13,16-17,20H,7-12H2,1-2H3,(H,19,21). The highest BCUT2D eigenvalue weighted by atomic mass is 16.3. The third-order valence-corrected chi connectivity index (χ3v) is 4.01. The number of hydrogen-bond donors (Lipinski definition) is 2. The van der Waals surface area contributed by atoms with Crippen molar-refractivity contribution in [1.29, 1.82) is 0 Å². The van der Waals surface area contributed by atoms with Gasteiger partial charge in [0.25, 0.3) is 0 Å². The van der Waals surface area contributed by atoms with Crippen molar-refractivity contribution in [2.75, 3.05) is 6.61 Å². The molecule has 1 saturated carbocycles. The van der Waals surface area contributed by atoms with Crippen LogP contribution in [0, 0.1) is 11.8 Å². The Labute approximate surface area is 127 Å². The Bertz CT molecular complexity index is 449. The largest absolute Gasteiger partial charge is 0.396 e. The topological polar surface area (TPSA) is 49.3 Å². The molecule has 1 unspecified atom stereocenters. The summed E-state index contributed by atoms with van der Waals surface area (Å²) in [5, 5.41) is 12.1. The van der Waals surface area contributed by atoms with Gasteiger partial charge in [-0.3, -0.25) is 4.79 Å². The van der Waals surface area contributed by atoms with Gasteiger partial charge in [0.1, 0.15) is 0 Å². The molecule has 0 aliphatic heterocycles. The van der Waals surface area contributed by atoms with Gasteiger partial charge in [0.05, 0.1) is 6.42 Å². The summed E-state index contributed by atoms with van der Waals surface area (Å²) >= 11 is 0. The van der Waals surface area contributed by atoms with Crippen molar-refractivity contribution in [2.45, 2.75) is 52.0 Å². The van der Waals surface area contributed by atoms with E-state index in [-0.39, 0.29) is 18.6 Å². The zero-order valence-electron chi connectivity index (χ0n) is 13.1. The molecule has 1 atom stereocenters. The van der Waals surface area contributed by atoms with Gasteiger partial charge >= 0.3 is 0 Å². The smallest absolute Gasteiger partial charge is 0.224 e. The van der Waals surface area contributed by atoms with Gasteiger partial charge in [-0.2, -0.15) is 0 Å². The van der Waals surface area contributed by atoms with Crippen LogP contribution in [0.4, 0.5) is 0 Å². The molecule has 3 nitrogen and oxygen atoms in total. The maximum atomic E-state index is 12.1. The highest BCUT2D eigenvalue weighted by molar-refractivity contribution is 5.78. The molecule has 2 rings (SSSR count). The molecule has 0 spiro atoms. The van der Waals surface area contributed by atoms with Crippen LogP contribution in [0.1, 0.15) is 44.2 Å². The van der Waals surface area contributed by atoms with Crippen LogP contribution in [0.15, 0.2) is 24.3 Å². The third-order valence-electron chi connectivity index (χ3n) is 4.01. The van der Waals surface area contributed by atoms with Crippen molar-refractivity contribution in [3.05, 3.63) is 35.4 Å². The molecule has 21 heavy (non-hydrogen) atoms. The number of carbonyl (C=O) groups is 1. The Kier molecular flexibility index (Phi) is 5.80. The summed E-state index contributed by atoms with van der Waals surface area (Å²) in [6.07, 6.45) is 4.52. The number of aliphatic hydroxyl groups excluding tert-OH is 1. The second-order valence-corrected chi connectivity index (χ2v) is 6.61. The molecule has 0 saturated heterocycles. The van der Waals surface area contributed by atoms with Crippen molar-refractivity contribution < 1.29 is 9.90 Å². The molecular formula is C18H27NO2. The van der Waals surface area contributed by atoms with Crippen molar-refractivity contribution in [1.82, 2.24) is 5.32 Å². The summed E-state index contributed by atoms with van der Waals surface area (Å²) in [7, 11) is 0. The third kappa shape index (κ3) is 5.50. The van der Waals surface area contributed by atoms with Gasteiger partial charge in [0.2, 0.25) is 5.91 Å². The van der Waals surface area contributed by atoms with Gasteiger partial charge in [-0.1, -0.05) is 38.1 Å². The Morgan fingerprint density at radius 3 is 2.38 bits per heavy atom. The van der Waals surface area contributed by atoms with Crippen molar-refractivity contribution in [3.8, 4) is 0 Å². The summed E-state index contributed by atoms with van der Waals surface area (Å²) in [4.78, 5) is 12.1. The van der Waals surface area contributed by atoms with E-state index in [9.17, 15) is 4.79 Å². The summed E-state index contributed by atoms with van der Waals surface area (Å²) in [6.45, 7) is 4.56. The fraction of sp³-hybridized carbons (Fsp3) is 0.611. The van der Waals surface area contributed by atoms with Crippen LogP contribution >= 0.6 is 0 Å². The Balaban J connectivity index is 1.84. The fourth-order valence-corrected chi connectivity index (χ4v) is 2.77. The van der Waals surface area contributed by atoms with E-state index in [0.29, 0.717) is 24.7 Å². The minimum atomic E-state index is 0.0666. The molecular weight excluding hydrogens is 262 g/mol. The molecule has 2 N–H and O–H groups in total. The average molecular weight is 289 g/mol. The van der Waals surface area contributed by atoms with Gasteiger partial charge in [0.15, 0.2) is 0 Å². The molecule has 1 fully saturated rings. The van der Waals surface area contributed by atoms with Crippen molar-refractivity contribution >= 4 is 5.91 Å². The van der Waals surface area contributed by atoms with Crippen LogP contribution < -0.4 is 5.32 Å². The second-order valence-electron chi connectivity index (χ2n) is 6.61. The Morgan fingerprint density at radius 2 is 1.86 bits per heavy atom. The predicted molar refractivity (Wildman–Crippen MR) is 85.0 cm³/mol. The van der Waals surface area contributed by atoms with Crippen LogP contribution in [-0.4, -0.2) is 23.7 Å². The normalized spacial score (nSPS) is 16.0. The number of aliphatic hydroxyl groups is 1.